The maximum Gasteiger partial charge on any atom is 0.227 e. The van der Waals surface area contributed by atoms with Gasteiger partial charge in [-0.25, -0.2) is 0 Å². The van der Waals surface area contributed by atoms with Gasteiger partial charge in [0.2, 0.25) is 5.91 Å². The number of hydrogen-bond donors (Lipinski definition) is 1. The van der Waals surface area contributed by atoms with Crippen molar-refractivity contribution in [1.29, 1.82) is 0 Å². The van der Waals surface area contributed by atoms with Crippen LogP contribution < -0.4 is 5.32 Å². The Morgan fingerprint density at radius 2 is 1.18 bits per heavy atom. The molecule has 2 aliphatic carbocycles. The molecule has 0 saturated carbocycles. The number of carbonyl (C=O) groups is 1. The number of nitrogens with one attached hydrogen (secondary N) is 1. The Balaban J connectivity index is 0.000000164. The Morgan fingerprint density at radius 1 is 0.655 bits per heavy atom. The summed E-state index contributed by atoms with van der Waals surface area (Å²) in [6, 6.07) is 21.0. The predicted molar refractivity (Wildman–Crippen MR) is 224 cm³/mol. The predicted octanol–water partition coefficient (Wildman–Crippen LogP) is 9.53. The molecule has 0 spiro atoms. The number of fused-ring (bicyclic) bond motifs is 4. The van der Waals surface area contributed by atoms with Gasteiger partial charge in [-0.05, 0) is 159 Å². The van der Waals surface area contributed by atoms with E-state index in [2.05, 4.69) is 60.5 Å². The summed E-state index contributed by atoms with van der Waals surface area (Å²) >= 11 is 12.6. The van der Waals surface area contributed by atoms with E-state index in [-0.39, 0.29) is 5.91 Å². The molecule has 2 fully saturated rings. The SMILES string of the molecule is Cc1cnc2c(c1)CCc1cc(Cl)ccc1C2=C1CCN(C(=O)Cc2cccnc2)CC1.Cc1cnc2c(c1)CCc1cc(Cl)ccc1C2=C1CCNCC1. The first-order chi connectivity index (χ1) is 26.8. The fraction of sp³-hybridized carbons (Fsp3) is 0.319. The summed E-state index contributed by atoms with van der Waals surface area (Å²) in [7, 11) is 0. The van der Waals surface area contributed by atoms with Crippen molar-refractivity contribution < 1.29 is 4.79 Å². The van der Waals surface area contributed by atoms with Gasteiger partial charge in [-0.15, -0.1) is 0 Å². The topological polar surface area (TPSA) is 71.0 Å². The number of piperidine rings is 2. The smallest absolute Gasteiger partial charge is 0.227 e. The fourth-order valence-electron chi connectivity index (χ4n) is 8.67. The number of aromatic nitrogens is 3. The zero-order valence-corrected chi connectivity index (χ0v) is 33.2. The summed E-state index contributed by atoms with van der Waals surface area (Å²) in [4.78, 5) is 28.7. The number of likely N-dealkylation sites (tertiary alicyclic amines) is 1. The molecular weight excluding hydrogens is 721 g/mol. The fourth-order valence-corrected chi connectivity index (χ4v) is 9.06. The first-order valence-corrected chi connectivity index (χ1v) is 20.4. The molecule has 2 aliphatic heterocycles. The van der Waals surface area contributed by atoms with Crippen molar-refractivity contribution in [2.75, 3.05) is 26.2 Å². The molecule has 5 aromatic rings. The van der Waals surface area contributed by atoms with E-state index in [1.807, 2.05) is 41.6 Å². The maximum atomic E-state index is 12.8. The highest BCUT2D eigenvalue weighted by Gasteiger charge is 2.27. The van der Waals surface area contributed by atoms with Gasteiger partial charge in [-0.3, -0.25) is 19.7 Å². The van der Waals surface area contributed by atoms with Crippen LogP contribution in [-0.4, -0.2) is 51.9 Å². The lowest BCUT2D eigenvalue weighted by atomic mass is 9.88. The molecule has 3 aromatic heterocycles. The average molecular weight is 769 g/mol. The number of pyridine rings is 3. The molecule has 2 saturated heterocycles. The standard InChI is InChI=1S/C27H26ClN3O.C20H21ClN2/c1-18-13-22-5-4-21-15-23(28)6-7-24(21)26(27(22)30-16-18)20-8-11-31(12-9-20)25(32)14-19-3-2-10-29-17-19;1-13-10-16-3-2-15-11-17(21)4-5-18(15)19(20(16)23-12-13)14-6-8-22-9-7-14/h2-3,6-7,10,13,15-17H,4-5,8-9,11-12,14H2,1H3;4-5,10-12,22H,2-3,6-9H2,1H3. The van der Waals surface area contributed by atoms with E-state index in [0.29, 0.717) is 6.42 Å². The number of rotatable bonds is 2. The van der Waals surface area contributed by atoms with Crippen molar-refractivity contribution in [3.05, 3.63) is 168 Å². The van der Waals surface area contributed by atoms with Crippen LogP contribution in [0, 0.1) is 13.8 Å². The Kier molecular flexibility index (Phi) is 11.3. The summed E-state index contributed by atoms with van der Waals surface area (Å²) < 4.78 is 0. The zero-order chi connectivity index (χ0) is 37.9. The van der Waals surface area contributed by atoms with Crippen molar-refractivity contribution >= 4 is 40.3 Å². The number of amides is 1. The monoisotopic (exact) mass is 767 g/mol. The van der Waals surface area contributed by atoms with Gasteiger partial charge in [0.05, 0.1) is 17.8 Å². The number of halogens is 2. The van der Waals surface area contributed by atoms with Crippen LogP contribution in [0.3, 0.4) is 0 Å². The second-order valence-corrected chi connectivity index (χ2v) is 16.1. The number of hydrogen-bond acceptors (Lipinski definition) is 5. The highest BCUT2D eigenvalue weighted by Crippen LogP contribution is 2.40. The Morgan fingerprint density at radius 3 is 1.71 bits per heavy atom. The third kappa shape index (κ3) is 8.33. The van der Waals surface area contributed by atoms with E-state index in [9.17, 15) is 4.79 Å². The van der Waals surface area contributed by atoms with Crippen LogP contribution in [-0.2, 0) is 36.9 Å². The molecule has 55 heavy (non-hydrogen) atoms. The molecule has 9 rings (SSSR count). The van der Waals surface area contributed by atoms with Crippen LogP contribution in [0.25, 0.3) is 11.1 Å². The van der Waals surface area contributed by atoms with E-state index in [1.54, 1.807) is 12.4 Å². The second-order valence-electron chi connectivity index (χ2n) is 15.3. The van der Waals surface area contributed by atoms with Gasteiger partial charge in [-0.1, -0.05) is 64.7 Å². The zero-order valence-electron chi connectivity index (χ0n) is 31.7. The Bertz CT molecular complexity index is 2190. The number of aryl methyl sites for hydroxylation is 6. The van der Waals surface area contributed by atoms with Gasteiger partial charge in [0.15, 0.2) is 0 Å². The molecule has 1 N–H and O–H groups in total. The summed E-state index contributed by atoms with van der Waals surface area (Å²) in [6.45, 7) is 7.82. The van der Waals surface area contributed by atoms with E-state index >= 15 is 0 Å². The van der Waals surface area contributed by atoms with E-state index in [1.165, 1.54) is 72.5 Å². The molecule has 6 nitrogen and oxygen atoms in total. The molecule has 4 aliphatic rings. The second kappa shape index (κ2) is 16.6. The van der Waals surface area contributed by atoms with Crippen molar-refractivity contribution in [3.8, 4) is 0 Å². The van der Waals surface area contributed by atoms with Crippen molar-refractivity contribution in [2.24, 2.45) is 0 Å². The minimum Gasteiger partial charge on any atom is -0.342 e. The van der Waals surface area contributed by atoms with E-state index in [4.69, 9.17) is 33.2 Å². The molecule has 280 valence electrons. The Labute approximate surface area is 334 Å². The van der Waals surface area contributed by atoms with Gasteiger partial charge < -0.3 is 10.2 Å². The van der Waals surface area contributed by atoms with Crippen LogP contribution in [0.2, 0.25) is 10.0 Å². The molecule has 8 heteroatoms. The van der Waals surface area contributed by atoms with Crippen LogP contribution in [0.1, 0.15) is 87.1 Å². The van der Waals surface area contributed by atoms with Gasteiger partial charge >= 0.3 is 0 Å². The van der Waals surface area contributed by atoms with Crippen LogP contribution in [0.5, 0.6) is 0 Å². The van der Waals surface area contributed by atoms with Crippen molar-refractivity contribution in [3.63, 3.8) is 0 Å². The molecule has 0 unspecified atom stereocenters. The summed E-state index contributed by atoms with van der Waals surface area (Å²) in [5.74, 6) is 0.171. The first kappa shape index (κ1) is 37.3. The highest BCUT2D eigenvalue weighted by molar-refractivity contribution is 6.31. The molecule has 1 amide bonds. The van der Waals surface area contributed by atoms with Gasteiger partial charge in [0, 0.05) is 59.1 Å². The third-order valence-corrected chi connectivity index (χ3v) is 11.9. The molecule has 0 atom stereocenters. The van der Waals surface area contributed by atoms with Crippen molar-refractivity contribution in [1.82, 2.24) is 25.2 Å². The van der Waals surface area contributed by atoms with Crippen LogP contribution in [0.4, 0.5) is 0 Å². The highest BCUT2D eigenvalue weighted by atomic mass is 35.5. The number of benzene rings is 2. The first-order valence-electron chi connectivity index (χ1n) is 19.6. The number of carbonyl (C=O) groups excluding carboxylic acids is 1. The average Bonchev–Trinajstić information content (AvgIpc) is 3.46. The lowest BCUT2D eigenvalue weighted by molar-refractivity contribution is -0.130. The Hall–Kier alpha value is -4.62. The van der Waals surface area contributed by atoms with Gasteiger partial charge in [0.25, 0.3) is 0 Å². The quantitative estimate of drug-likeness (QED) is 0.194. The molecule has 5 heterocycles. The maximum absolute atomic E-state index is 12.8. The lowest BCUT2D eigenvalue weighted by Gasteiger charge is -2.30. The largest absolute Gasteiger partial charge is 0.342 e. The minimum absolute atomic E-state index is 0.171. The number of nitrogens with zero attached hydrogens (tertiary/aromatic N) is 4. The molecular formula is C47H47Cl2N5O. The van der Waals surface area contributed by atoms with Gasteiger partial charge in [-0.2, -0.15) is 0 Å². The third-order valence-electron chi connectivity index (χ3n) is 11.4. The minimum atomic E-state index is 0.171. The summed E-state index contributed by atoms with van der Waals surface area (Å²) in [5.41, 5.74) is 19.1. The van der Waals surface area contributed by atoms with E-state index in [0.717, 1.165) is 98.8 Å². The van der Waals surface area contributed by atoms with Crippen LogP contribution >= 0.6 is 23.2 Å². The summed E-state index contributed by atoms with van der Waals surface area (Å²) in [5, 5.41) is 5.06. The van der Waals surface area contributed by atoms with Crippen LogP contribution in [0.15, 0.2) is 96.6 Å². The normalized spacial score (nSPS) is 16.5. The molecule has 2 aromatic carbocycles. The van der Waals surface area contributed by atoms with Crippen molar-refractivity contribution in [2.45, 2.75) is 71.6 Å². The molecule has 0 bridgehead atoms. The van der Waals surface area contributed by atoms with Gasteiger partial charge in [0.1, 0.15) is 0 Å². The van der Waals surface area contributed by atoms with E-state index < -0.39 is 0 Å². The molecule has 0 radical (unpaired) electrons. The summed E-state index contributed by atoms with van der Waals surface area (Å²) in [6.07, 6.45) is 15.8. The lowest BCUT2D eigenvalue weighted by Crippen LogP contribution is -2.37.